The number of nitrogens with one attached hydrogen (secondary N) is 1. The number of hydrazone groups is 1. The number of hydrogen-bond acceptors (Lipinski definition) is 8. The number of benzene rings is 1. The summed E-state index contributed by atoms with van der Waals surface area (Å²) < 4.78 is 10.8. The summed E-state index contributed by atoms with van der Waals surface area (Å²) in [4.78, 5) is 44.1. The summed E-state index contributed by atoms with van der Waals surface area (Å²) in [5.41, 5.74) is -0.0590. The van der Waals surface area contributed by atoms with Gasteiger partial charge in [0.2, 0.25) is 11.1 Å². The smallest absolute Gasteiger partial charge is 0.283 e. The molecule has 0 bridgehead atoms. The van der Waals surface area contributed by atoms with E-state index in [1.54, 1.807) is 18.2 Å². The molecule has 0 radical (unpaired) electrons. The molecule has 2 amide bonds. The van der Waals surface area contributed by atoms with Crippen molar-refractivity contribution in [3.05, 3.63) is 45.8 Å². The fourth-order valence-corrected chi connectivity index (χ4v) is 4.93. The van der Waals surface area contributed by atoms with Gasteiger partial charge < -0.3 is 14.1 Å². The Labute approximate surface area is 198 Å². The van der Waals surface area contributed by atoms with Crippen LogP contribution in [0.1, 0.15) is 31.2 Å². The Morgan fingerprint density at radius 2 is 2.06 bits per heavy atom. The molecule has 0 spiro atoms. The molecule has 1 aromatic carbocycles. The molecule has 5 rings (SSSR count). The third kappa shape index (κ3) is 3.92. The van der Waals surface area contributed by atoms with Crippen molar-refractivity contribution in [3.63, 3.8) is 0 Å². The molecule has 1 N–H and O–H groups in total. The van der Waals surface area contributed by atoms with Gasteiger partial charge in [0.15, 0.2) is 22.6 Å². The number of nitrogens with zero attached hydrogens (tertiary/aromatic N) is 4. The molecule has 11 heteroatoms. The number of hydrogen-bond donors (Lipinski definition) is 1. The number of amides is 2. The lowest BCUT2D eigenvalue weighted by Crippen LogP contribution is -2.36. The number of piperidine rings is 1. The molecular weight excluding hydrogens is 458 g/mol. The molecule has 174 valence electrons. The number of rotatable bonds is 4. The van der Waals surface area contributed by atoms with Gasteiger partial charge in [0.25, 0.3) is 5.91 Å². The van der Waals surface area contributed by atoms with Gasteiger partial charge in [-0.2, -0.15) is 15.1 Å². The summed E-state index contributed by atoms with van der Waals surface area (Å²) in [6, 6.07) is 4.95. The highest BCUT2D eigenvalue weighted by molar-refractivity contribution is 8.27. The number of carbonyl (C=O) groups excluding carboxylic acids is 2. The minimum atomic E-state index is -0.660. The summed E-state index contributed by atoms with van der Waals surface area (Å²) in [5.74, 6) is -0.482. The molecule has 1 fully saturated rings. The van der Waals surface area contributed by atoms with Gasteiger partial charge in [-0.15, -0.1) is 0 Å². The second-order valence-electron chi connectivity index (χ2n) is 7.99. The second-order valence-corrected chi connectivity index (χ2v) is 9.03. The lowest BCUT2D eigenvalue weighted by molar-refractivity contribution is -0.130. The number of para-hydroxylation sites is 1. The minimum absolute atomic E-state index is 0.0239. The molecule has 2 aromatic rings. The second kappa shape index (κ2) is 8.90. The average molecular weight is 480 g/mol. The number of carbonyl (C=O) groups is 2. The standard InChI is InChI=1S/C23H21N5O5S/c1-32-16-7-5-6-14-19(30)13(12-33-20(14)16)10-15-21(24)28-23(25-22(15)31)34-17(26-28)11-18(29)27-8-3-2-4-9-27/h5-7,10,12,24H,2-4,8-9,11H2,1H3. The highest BCUT2D eigenvalue weighted by Gasteiger charge is 2.36. The van der Waals surface area contributed by atoms with E-state index in [0.29, 0.717) is 21.8 Å². The maximum atomic E-state index is 13.0. The van der Waals surface area contributed by atoms with Crippen molar-refractivity contribution in [2.75, 3.05) is 20.2 Å². The largest absolute Gasteiger partial charge is 0.493 e. The van der Waals surface area contributed by atoms with Crippen LogP contribution in [-0.2, 0) is 9.59 Å². The summed E-state index contributed by atoms with van der Waals surface area (Å²) in [6.07, 6.45) is 5.72. The summed E-state index contributed by atoms with van der Waals surface area (Å²) in [6.45, 7) is 1.48. The van der Waals surface area contributed by atoms with Crippen LogP contribution >= 0.6 is 11.8 Å². The average Bonchev–Trinajstić information content (AvgIpc) is 3.25. The Morgan fingerprint density at radius 3 is 2.82 bits per heavy atom. The first-order chi connectivity index (χ1) is 16.5. The van der Waals surface area contributed by atoms with Gasteiger partial charge in [0.05, 0.1) is 30.1 Å². The Kier molecular flexibility index (Phi) is 5.78. The van der Waals surface area contributed by atoms with Crippen LogP contribution in [0.4, 0.5) is 0 Å². The van der Waals surface area contributed by atoms with E-state index >= 15 is 0 Å². The zero-order chi connectivity index (χ0) is 23.8. The van der Waals surface area contributed by atoms with Crippen LogP contribution < -0.4 is 10.2 Å². The third-order valence-corrected chi connectivity index (χ3v) is 6.73. The molecule has 0 atom stereocenters. The lowest BCUT2D eigenvalue weighted by Gasteiger charge is -2.26. The molecule has 4 heterocycles. The predicted octanol–water partition coefficient (Wildman–Crippen LogP) is 2.82. The third-order valence-electron chi connectivity index (χ3n) is 5.82. The molecule has 3 aliphatic rings. The first kappa shape index (κ1) is 22.1. The molecule has 34 heavy (non-hydrogen) atoms. The van der Waals surface area contributed by atoms with E-state index in [4.69, 9.17) is 14.6 Å². The molecule has 1 saturated heterocycles. The van der Waals surface area contributed by atoms with Gasteiger partial charge in [0, 0.05) is 13.1 Å². The van der Waals surface area contributed by atoms with Crippen molar-refractivity contribution in [1.82, 2.24) is 9.91 Å². The maximum absolute atomic E-state index is 13.0. The normalized spacial score (nSPS) is 19.4. The number of ether oxygens (including phenoxy) is 1. The van der Waals surface area contributed by atoms with Gasteiger partial charge in [-0.3, -0.25) is 19.8 Å². The van der Waals surface area contributed by atoms with Crippen LogP contribution in [0.2, 0.25) is 0 Å². The van der Waals surface area contributed by atoms with E-state index < -0.39 is 5.91 Å². The quantitative estimate of drug-likeness (QED) is 0.668. The summed E-state index contributed by atoms with van der Waals surface area (Å²) >= 11 is 1.11. The van der Waals surface area contributed by atoms with E-state index in [0.717, 1.165) is 44.1 Å². The molecule has 0 saturated carbocycles. The number of methoxy groups -OCH3 is 1. The zero-order valence-electron chi connectivity index (χ0n) is 18.4. The van der Waals surface area contributed by atoms with Gasteiger partial charge >= 0.3 is 0 Å². The van der Waals surface area contributed by atoms with Gasteiger partial charge in [-0.25, -0.2) is 0 Å². The predicted molar refractivity (Wildman–Crippen MR) is 129 cm³/mol. The van der Waals surface area contributed by atoms with Crippen LogP contribution in [0, 0.1) is 5.41 Å². The number of amidine groups is 2. The van der Waals surface area contributed by atoms with E-state index in [1.807, 2.05) is 4.90 Å². The van der Waals surface area contributed by atoms with Crippen molar-refractivity contribution in [1.29, 1.82) is 5.41 Å². The number of thioether (sulfide) groups is 1. The minimum Gasteiger partial charge on any atom is -0.493 e. The van der Waals surface area contributed by atoms with Gasteiger partial charge in [-0.1, -0.05) is 6.07 Å². The van der Waals surface area contributed by atoms with Gasteiger partial charge in [0.1, 0.15) is 11.3 Å². The molecule has 0 unspecified atom stereocenters. The van der Waals surface area contributed by atoms with Crippen LogP contribution in [0.15, 0.2) is 49.3 Å². The Balaban J connectivity index is 1.42. The van der Waals surface area contributed by atoms with Crippen molar-refractivity contribution < 1.29 is 18.7 Å². The van der Waals surface area contributed by atoms with Crippen molar-refractivity contribution in [3.8, 4) is 5.75 Å². The van der Waals surface area contributed by atoms with Crippen molar-refractivity contribution >= 4 is 56.7 Å². The van der Waals surface area contributed by atoms with Crippen LogP contribution in [0.25, 0.3) is 17.0 Å². The lowest BCUT2D eigenvalue weighted by atomic mass is 10.1. The molecule has 3 aliphatic heterocycles. The molecule has 10 nitrogen and oxygen atoms in total. The number of aliphatic imine (C=N–C) groups is 1. The zero-order valence-corrected chi connectivity index (χ0v) is 19.2. The topological polar surface area (TPSA) is 129 Å². The van der Waals surface area contributed by atoms with E-state index in [2.05, 4.69) is 10.1 Å². The number of fused-ring (bicyclic) bond motifs is 2. The van der Waals surface area contributed by atoms with Crippen molar-refractivity contribution in [2.45, 2.75) is 25.7 Å². The van der Waals surface area contributed by atoms with Crippen LogP contribution in [0.5, 0.6) is 5.75 Å². The maximum Gasteiger partial charge on any atom is 0.283 e. The molecule has 0 aliphatic carbocycles. The van der Waals surface area contributed by atoms with Gasteiger partial charge in [-0.05, 0) is 49.2 Å². The highest BCUT2D eigenvalue weighted by Crippen LogP contribution is 2.30. The fraction of sp³-hybridized carbons (Fsp3) is 0.304. The monoisotopic (exact) mass is 479 g/mol. The Hall–Kier alpha value is -3.73. The van der Waals surface area contributed by atoms with Crippen LogP contribution in [0.3, 0.4) is 0 Å². The SMILES string of the molecule is COc1cccc2c(=O)c(C=C3C(=N)N4N=C(CC(=O)N5CCCCC5)SC4=NC3=O)coc12. The Bertz CT molecular complexity index is 1370. The van der Waals surface area contributed by atoms with E-state index in [1.165, 1.54) is 24.5 Å². The van der Waals surface area contributed by atoms with E-state index in [-0.39, 0.29) is 39.9 Å². The van der Waals surface area contributed by atoms with E-state index in [9.17, 15) is 14.4 Å². The molecular formula is C23H21N5O5S. The number of likely N-dealkylation sites (tertiary alicyclic amines) is 1. The van der Waals surface area contributed by atoms with Crippen LogP contribution in [-0.4, -0.2) is 58.0 Å². The highest BCUT2D eigenvalue weighted by atomic mass is 32.2. The fourth-order valence-electron chi connectivity index (χ4n) is 4.05. The Morgan fingerprint density at radius 1 is 1.26 bits per heavy atom. The molecule has 1 aromatic heterocycles. The first-order valence-corrected chi connectivity index (χ1v) is 11.6. The summed E-state index contributed by atoms with van der Waals surface area (Å²) in [7, 11) is 1.48. The summed E-state index contributed by atoms with van der Waals surface area (Å²) in [5, 5.41) is 15.1. The first-order valence-electron chi connectivity index (χ1n) is 10.8. The van der Waals surface area contributed by atoms with Crippen molar-refractivity contribution in [2.24, 2.45) is 10.1 Å².